The number of aliphatic hydroxyl groups excluding tert-OH is 1. The number of unbranched alkanes of at least 4 members (excludes halogenated alkanes) is 1. The van der Waals surface area contributed by atoms with Crippen molar-refractivity contribution < 1.29 is 15.0 Å². The summed E-state index contributed by atoms with van der Waals surface area (Å²) >= 11 is 0. The summed E-state index contributed by atoms with van der Waals surface area (Å²) in [5, 5.41) is 17.7. The van der Waals surface area contributed by atoms with Gasteiger partial charge in [0.15, 0.2) is 12.1 Å². The van der Waals surface area contributed by atoms with Crippen LogP contribution in [0.1, 0.15) is 59.8 Å². The molecule has 0 aromatic heterocycles. The average molecular weight is 255 g/mol. The van der Waals surface area contributed by atoms with Gasteiger partial charge in [-0.25, -0.2) is 0 Å². The molecule has 0 amide bonds. The largest absolute Gasteiger partial charge is 0.368 e. The molecule has 0 spiro atoms. The normalized spacial score (nSPS) is 14.9. The molecule has 0 heterocycles. The van der Waals surface area contributed by atoms with E-state index in [1.165, 1.54) is 0 Å². The zero-order chi connectivity index (χ0) is 14.3. The number of rotatable bonds is 9. The number of Topliss-reactive ketones (excluding diaryl/α,β-unsaturated/α-hetero) is 1. The minimum atomic E-state index is -1.37. The second kappa shape index (κ2) is 7.70. The third kappa shape index (κ3) is 4.91. The maximum atomic E-state index is 12.4. The molecule has 0 rings (SSSR count). The van der Waals surface area contributed by atoms with E-state index in [9.17, 15) is 4.79 Å². The zero-order valence-electron chi connectivity index (χ0n) is 12.1. The van der Waals surface area contributed by atoms with Crippen molar-refractivity contribution in [3.8, 4) is 0 Å². The molecule has 0 bridgehead atoms. The number of hydrogen-bond donors (Lipinski definition) is 2. The monoisotopic (exact) mass is 255 g/mol. The van der Waals surface area contributed by atoms with E-state index in [1.807, 2.05) is 20.8 Å². The van der Waals surface area contributed by atoms with E-state index in [4.69, 9.17) is 10.2 Å². The van der Waals surface area contributed by atoms with Crippen molar-refractivity contribution >= 4 is 5.78 Å². The molecule has 1 atom stereocenters. The Hall–Kier alpha value is -0.670. The lowest BCUT2D eigenvalue weighted by molar-refractivity contribution is -0.123. The van der Waals surface area contributed by atoms with E-state index in [0.29, 0.717) is 12.0 Å². The predicted molar refractivity (Wildman–Crippen MR) is 73.8 cm³/mol. The molecule has 0 aromatic rings. The van der Waals surface area contributed by atoms with Crippen molar-refractivity contribution in [2.45, 2.75) is 66.1 Å². The molecule has 0 aromatic carbocycles. The van der Waals surface area contributed by atoms with Crippen molar-refractivity contribution in [2.24, 2.45) is 5.41 Å². The molecule has 3 heteroatoms. The smallest absolute Gasteiger partial charge is 0.164 e. The van der Waals surface area contributed by atoms with Crippen LogP contribution in [0.5, 0.6) is 0 Å². The van der Waals surface area contributed by atoms with Gasteiger partial charge in [0, 0.05) is 11.8 Å². The van der Waals surface area contributed by atoms with Gasteiger partial charge in [-0.3, -0.25) is 4.79 Å². The van der Waals surface area contributed by atoms with Crippen molar-refractivity contribution in [1.29, 1.82) is 0 Å². The molecule has 3 nitrogen and oxygen atoms in total. The van der Waals surface area contributed by atoms with Crippen molar-refractivity contribution in [3.05, 3.63) is 18.1 Å². The Bertz CT molecular complexity index is 281. The van der Waals surface area contributed by atoms with Gasteiger partial charge >= 0.3 is 0 Å². The molecular weight excluding hydrogens is 228 g/mol. The maximum absolute atomic E-state index is 12.4. The second-order valence-electron chi connectivity index (χ2n) is 5.39. The molecule has 0 saturated carbocycles. The first-order chi connectivity index (χ1) is 8.25. The second-order valence-corrected chi connectivity index (χ2v) is 5.39. The van der Waals surface area contributed by atoms with Crippen molar-refractivity contribution in [3.63, 3.8) is 0 Å². The first kappa shape index (κ1) is 17.3. The molecule has 1 radical (unpaired) electrons. The van der Waals surface area contributed by atoms with Gasteiger partial charge in [0.05, 0.1) is 0 Å². The fourth-order valence-electron chi connectivity index (χ4n) is 1.93. The summed E-state index contributed by atoms with van der Waals surface area (Å²) in [6, 6.07) is 0. The van der Waals surface area contributed by atoms with E-state index < -0.39 is 11.7 Å². The lowest BCUT2D eigenvalue weighted by Gasteiger charge is -2.32. The standard InChI is InChI=1S/C15H27O3/c1-6-7-10-15(5,11(2)3)14(18)12(4)8-9-13(16)17/h13,16-17H,4,6-10H2,1-3,5H3. The Morgan fingerprint density at radius 1 is 1.33 bits per heavy atom. The Balaban J connectivity index is 4.70. The Morgan fingerprint density at radius 2 is 1.89 bits per heavy atom. The minimum Gasteiger partial charge on any atom is -0.368 e. The Morgan fingerprint density at radius 3 is 2.28 bits per heavy atom. The van der Waals surface area contributed by atoms with Crippen LogP contribution in [0, 0.1) is 11.3 Å². The lowest BCUT2D eigenvalue weighted by atomic mass is 9.69. The van der Waals surface area contributed by atoms with E-state index in [2.05, 4.69) is 13.5 Å². The zero-order valence-corrected chi connectivity index (χ0v) is 12.1. The first-order valence-electron chi connectivity index (χ1n) is 6.65. The molecular formula is C15H27O3. The van der Waals surface area contributed by atoms with Crippen LogP contribution in [0.4, 0.5) is 0 Å². The summed E-state index contributed by atoms with van der Waals surface area (Å²) in [6.07, 6.45) is 2.01. The SMILES string of the molecule is C=C(CCC(O)O)C(=O)C(C)(CCCC)[C](C)C. The summed E-state index contributed by atoms with van der Waals surface area (Å²) in [7, 11) is 0. The summed E-state index contributed by atoms with van der Waals surface area (Å²) in [4.78, 5) is 12.4. The van der Waals surface area contributed by atoms with Crippen LogP contribution in [-0.2, 0) is 4.79 Å². The van der Waals surface area contributed by atoms with Gasteiger partial charge < -0.3 is 10.2 Å². The van der Waals surface area contributed by atoms with Gasteiger partial charge in [0.1, 0.15) is 0 Å². The van der Waals surface area contributed by atoms with Gasteiger partial charge in [0.25, 0.3) is 0 Å². The van der Waals surface area contributed by atoms with Crippen LogP contribution in [0.2, 0.25) is 0 Å². The molecule has 0 aliphatic rings. The van der Waals surface area contributed by atoms with Gasteiger partial charge in [-0.15, -0.1) is 0 Å². The van der Waals surface area contributed by atoms with Crippen LogP contribution in [0.15, 0.2) is 12.2 Å². The van der Waals surface area contributed by atoms with Gasteiger partial charge in [-0.05, 0) is 24.3 Å². The molecule has 0 saturated heterocycles. The third-order valence-corrected chi connectivity index (χ3v) is 3.66. The number of carbonyl (C=O) groups is 1. The molecule has 2 N–H and O–H groups in total. The molecule has 0 aliphatic carbocycles. The summed E-state index contributed by atoms with van der Waals surface area (Å²) < 4.78 is 0. The predicted octanol–water partition coefficient (Wildman–Crippen LogP) is 3.01. The van der Waals surface area contributed by atoms with Crippen molar-refractivity contribution in [2.75, 3.05) is 0 Å². The van der Waals surface area contributed by atoms with Gasteiger partial charge in [-0.1, -0.05) is 47.1 Å². The first-order valence-corrected chi connectivity index (χ1v) is 6.65. The van der Waals surface area contributed by atoms with Gasteiger partial charge in [0.2, 0.25) is 0 Å². The highest BCUT2D eigenvalue weighted by Crippen LogP contribution is 2.38. The molecule has 0 fully saturated rings. The van der Waals surface area contributed by atoms with Crippen LogP contribution in [0.25, 0.3) is 0 Å². The molecule has 1 unspecified atom stereocenters. The maximum Gasteiger partial charge on any atom is 0.164 e. The number of aliphatic hydroxyl groups is 2. The summed E-state index contributed by atoms with van der Waals surface area (Å²) in [6.45, 7) is 11.8. The van der Waals surface area contributed by atoms with Crippen LogP contribution >= 0.6 is 0 Å². The van der Waals surface area contributed by atoms with Crippen LogP contribution in [-0.4, -0.2) is 22.3 Å². The van der Waals surface area contributed by atoms with E-state index >= 15 is 0 Å². The highest BCUT2D eigenvalue weighted by Gasteiger charge is 2.36. The number of hydrogen-bond acceptors (Lipinski definition) is 3. The highest BCUT2D eigenvalue weighted by atomic mass is 16.5. The number of allylic oxidation sites excluding steroid dienone is 1. The fourth-order valence-corrected chi connectivity index (χ4v) is 1.93. The average Bonchev–Trinajstić information content (AvgIpc) is 2.31. The van der Waals surface area contributed by atoms with Crippen molar-refractivity contribution in [1.82, 2.24) is 0 Å². The van der Waals surface area contributed by atoms with Gasteiger partial charge in [-0.2, -0.15) is 0 Å². The van der Waals surface area contributed by atoms with E-state index in [1.54, 1.807) is 0 Å². The lowest BCUT2D eigenvalue weighted by Crippen LogP contribution is -2.33. The van der Waals surface area contributed by atoms with E-state index in [0.717, 1.165) is 25.2 Å². The molecule has 18 heavy (non-hydrogen) atoms. The highest BCUT2D eigenvalue weighted by molar-refractivity contribution is 6.00. The number of ketones is 1. The van der Waals surface area contributed by atoms with E-state index in [-0.39, 0.29) is 12.2 Å². The topological polar surface area (TPSA) is 57.5 Å². The quantitative estimate of drug-likeness (QED) is 0.492. The molecule has 0 aliphatic heterocycles. The summed E-state index contributed by atoms with van der Waals surface area (Å²) in [5.74, 6) is 1.13. The summed E-state index contributed by atoms with van der Waals surface area (Å²) in [5.41, 5.74) is 0.0240. The number of carbonyl (C=O) groups excluding carboxylic acids is 1. The Labute approximate surface area is 111 Å². The molecule has 105 valence electrons. The third-order valence-electron chi connectivity index (χ3n) is 3.66. The van der Waals surface area contributed by atoms with Crippen LogP contribution < -0.4 is 0 Å². The Kier molecular flexibility index (Phi) is 7.41. The minimum absolute atomic E-state index is 0.0385. The fraction of sp³-hybridized carbons (Fsp3) is 0.733. The van der Waals surface area contributed by atoms with Crippen LogP contribution in [0.3, 0.4) is 0 Å².